The SMILES string of the molecule is Cc1ccc2c(c1)C(NC(=O)c1ccc3c(c1)C(=O)N(c1cccc(C)c1C)C3=O)CCO2. The molecule has 0 bridgehead atoms. The van der Waals surface area contributed by atoms with Crippen LogP contribution >= 0.6 is 0 Å². The zero-order valence-corrected chi connectivity index (χ0v) is 18.8. The van der Waals surface area contributed by atoms with Crippen LogP contribution in [0.3, 0.4) is 0 Å². The highest BCUT2D eigenvalue weighted by atomic mass is 16.5. The summed E-state index contributed by atoms with van der Waals surface area (Å²) in [6.07, 6.45) is 0.658. The fourth-order valence-electron chi connectivity index (χ4n) is 4.48. The van der Waals surface area contributed by atoms with E-state index in [9.17, 15) is 14.4 Å². The fourth-order valence-corrected chi connectivity index (χ4v) is 4.48. The first-order valence-electron chi connectivity index (χ1n) is 11.0. The predicted molar refractivity (Wildman–Crippen MR) is 125 cm³/mol. The number of aryl methyl sites for hydroxylation is 2. The van der Waals surface area contributed by atoms with Crippen LogP contribution in [0.2, 0.25) is 0 Å². The molecule has 1 unspecified atom stereocenters. The molecule has 1 atom stereocenters. The largest absolute Gasteiger partial charge is 0.493 e. The minimum atomic E-state index is -0.412. The van der Waals surface area contributed by atoms with Crippen LogP contribution in [0.1, 0.15) is 65.8 Å². The molecule has 33 heavy (non-hydrogen) atoms. The van der Waals surface area contributed by atoms with Crippen LogP contribution in [0.5, 0.6) is 5.75 Å². The average molecular weight is 440 g/mol. The Kier molecular flexibility index (Phi) is 5.01. The number of amides is 3. The zero-order chi connectivity index (χ0) is 23.3. The van der Waals surface area contributed by atoms with Crippen molar-refractivity contribution in [3.63, 3.8) is 0 Å². The van der Waals surface area contributed by atoms with E-state index in [-0.39, 0.29) is 23.4 Å². The first-order valence-corrected chi connectivity index (χ1v) is 11.0. The van der Waals surface area contributed by atoms with E-state index in [2.05, 4.69) is 5.32 Å². The molecule has 0 fully saturated rings. The Hall–Kier alpha value is -3.93. The Labute approximate surface area is 192 Å². The van der Waals surface area contributed by atoms with Crippen molar-refractivity contribution < 1.29 is 19.1 Å². The van der Waals surface area contributed by atoms with Gasteiger partial charge in [-0.05, 0) is 62.2 Å². The third kappa shape index (κ3) is 3.48. The lowest BCUT2D eigenvalue weighted by molar-refractivity contribution is 0.0916. The fraction of sp³-hybridized carbons (Fsp3) is 0.222. The quantitative estimate of drug-likeness (QED) is 0.601. The number of nitrogens with zero attached hydrogens (tertiary/aromatic N) is 1. The molecule has 6 heteroatoms. The van der Waals surface area contributed by atoms with Crippen molar-refractivity contribution in [2.24, 2.45) is 0 Å². The van der Waals surface area contributed by atoms with E-state index in [0.717, 1.165) is 28.0 Å². The molecular weight excluding hydrogens is 416 g/mol. The van der Waals surface area contributed by atoms with E-state index in [1.54, 1.807) is 18.2 Å². The summed E-state index contributed by atoms with van der Waals surface area (Å²) in [4.78, 5) is 40.5. The number of anilines is 1. The van der Waals surface area contributed by atoms with E-state index in [0.29, 0.717) is 29.8 Å². The van der Waals surface area contributed by atoms with Crippen LogP contribution in [0.4, 0.5) is 5.69 Å². The van der Waals surface area contributed by atoms with Crippen LogP contribution in [0, 0.1) is 20.8 Å². The number of benzene rings is 3. The van der Waals surface area contributed by atoms with Crippen molar-refractivity contribution >= 4 is 23.4 Å². The summed E-state index contributed by atoms with van der Waals surface area (Å²) in [7, 11) is 0. The maximum Gasteiger partial charge on any atom is 0.266 e. The van der Waals surface area contributed by atoms with Gasteiger partial charge in [0, 0.05) is 17.5 Å². The van der Waals surface area contributed by atoms with Crippen LogP contribution in [-0.4, -0.2) is 24.3 Å². The second kappa shape index (κ2) is 7.89. The lowest BCUT2D eigenvalue weighted by Gasteiger charge is -2.27. The highest BCUT2D eigenvalue weighted by molar-refractivity contribution is 6.35. The number of carbonyl (C=O) groups excluding carboxylic acids is 3. The van der Waals surface area contributed by atoms with E-state index < -0.39 is 5.91 Å². The minimum absolute atomic E-state index is 0.182. The van der Waals surface area contributed by atoms with Gasteiger partial charge in [0.25, 0.3) is 17.7 Å². The number of rotatable bonds is 3. The topological polar surface area (TPSA) is 75.7 Å². The Morgan fingerprint density at radius 2 is 1.76 bits per heavy atom. The number of ether oxygens (including phenoxy) is 1. The molecule has 2 heterocycles. The summed E-state index contributed by atoms with van der Waals surface area (Å²) in [6, 6.07) is 16.0. The van der Waals surface area contributed by atoms with Gasteiger partial charge in [0.1, 0.15) is 5.75 Å². The first kappa shape index (κ1) is 20.9. The Morgan fingerprint density at radius 1 is 0.970 bits per heavy atom. The summed E-state index contributed by atoms with van der Waals surface area (Å²) in [6.45, 7) is 6.34. The molecule has 3 aromatic rings. The second-order valence-electron chi connectivity index (χ2n) is 8.63. The molecule has 2 aliphatic rings. The van der Waals surface area contributed by atoms with Crippen LogP contribution < -0.4 is 15.0 Å². The van der Waals surface area contributed by atoms with Gasteiger partial charge < -0.3 is 10.1 Å². The van der Waals surface area contributed by atoms with Gasteiger partial charge in [-0.1, -0.05) is 29.8 Å². The number of carbonyl (C=O) groups is 3. The molecule has 3 aromatic carbocycles. The van der Waals surface area contributed by atoms with Crippen molar-refractivity contribution in [2.75, 3.05) is 11.5 Å². The van der Waals surface area contributed by atoms with E-state index in [1.165, 1.54) is 11.0 Å². The van der Waals surface area contributed by atoms with Gasteiger partial charge in [-0.3, -0.25) is 14.4 Å². The van der Waals surface area contributed by atoms with E-state index in [4.69, 9.17) is 4.74 Å². The van der Waals surface area contributed by atoms with Gasteiger partial charge in [0.15, 0.2) is 0 Å². The van der Waals surface area contributed by atoms with E-state index in [1.807, 2.05) is 51.1 Å². The molecule has 0 aliphatic carbocycles. The molecule has 0 saturated carbocycles. The summed E-state index contributed by atoms with van der Waals surface area (Å²) < 4.78 is 5.72. The molecule has 0 saturated heterocycles. The smallest absolute Gasteiger partial charge is 0.266 e. The number of imide groups is 1. The first-order chi connectivity index (χ1) is 15.8. The zero-order valence-electron chi connectivity index (χ0n) is 18.8. The number of nitrogens with one attached hydrogen (secondary N) is 1. The molecule has 0 radical (unpaired) electrons. The van der Waals surface area contributed by atoms with Gasteiger partial charge >= 0.3 is 0 Å². The lowest BCUT2D eigenvalue weighted by Crippen LogP contribution is -2.32. The summed E-state index contributed by atoms with van der Waals surface area (Å²) in [5, 5.41) is 3.07. The van der Waals surface area contributed by atoms with Gasteiger partial charge in [-0.25, -0.2) is 4.90 Å². The minimum Gasteiger partial charge on any atom is -0.493 e. The van der Waals surface area contributed by atoms with Crippen molar-refractivity contribution in [1.29, 1.82) is 0 Å². The van der Waals surface area contributed by atoms with Crippen molar-refractivity contribution in [3.8, 4) is 5.75 Å². The normalized spacial score (nSPS) is 16.8. The number of fused-ring (bicyclic) bond motifs is 2. The maximum absolute atomic E-state index is 13.2. The molecular formula is C27H24N2O4. The molecule has 0 aromatic heterocycles. The molecule has 166 valence electrons. The standard InChI is InChI=1S/C27H24N2O4/c1-15-7-10-24-21(13-15)22(11-12-33-24)28-25(30)18-8-9-19-20(14-18)27(32)29(26(19)31)23-6-4-5-16(2)17(23)3/h4-10,13-14,22H,11-12H2,1-3H3,(H,28,30). The lowest BCUT2D eigenvalue weighted by atomic mass is 9.98. The Bertz CT molecular complexity index is 1330. The third-order valence-electron chi connectivity index (χ3n) is 6.48. The van der Waals surface area contributed by atoms with Crippen molar-refractivity contribution in [3.05, 3.63) is 93.5 Å². The van der Waals surface area contributed by atoms with Crippen LogP contribution in [0.15, 0.2) is 54.6 Å². The molecule has 1 N–H and O–H groups in total. The highest BCUT2D eigenvalue weighted by Crippen LogP contribution is 2.34. The number of hydrogen-bond donors (Lipinski definition) is 1. The van der Waals surface area contributed by atoms with Crippen LogP contribution in [-0.2, 0) is 0 Å². The summed E-state index contributed by atoms with van der Waals surface area (Å²) in [5.41, 5.74) is 5.38. The van der Waals surface area contributed by atoms with E-state index >= 15 is 0 Å². The Balaban J connectivity index is 1.43. The molecule has 5 rings (SSSR count). The van der Waals surface area contributed by atoms with Gasteiger partial charge in [0.2, 0.25) is 0 Å². The third-order valence-corrected chi connectivity index (χ3v) is 6.48. The monoisotopic (exact) mass is 440 g/mol. The van der Waals surface area contributed by atoms with Crippen molar-refractivity contribution in [2.45, 2.75) is 33.2 Å². The number of hydrogen-bond acceptors (Lipinski definition) is 4. The van der Waals surface area contributed by atoms with Crippen LogP contribution in [0.25, 0.3) is 0 Å². The molecule has 2 aliphatic heterocycles. The second-order valence-corrected chi connectivity index (χ2v) is 8.63. The van der Waals surface area contributed by atoms with Crippen molar-refractivity contribution in [1.82, 2.24) is 5.32 Å². The van der Waals surface area contributed by atoms with Gasteiger partial charge in [-0.2, -0.15) is 0 Å². The maximum atomic E-state index is 13.2. The highest BCUT2D eigenvalue weighted by Gasteiger charge is 2.38. The van der Waals surface area contributed by atoms with Gasteiger partial charge in [-0.15, -0.1) is 0 Å². The molecule has 6 nitrogen and oxygen atoms in total. The summed E-state index contributed by atoms with van der Waals surface area (Å²) >= 11 is 0. The summed E-state index contributed by atoms with van der Waals surface area (Å²) in [5.74, 6) is -0.298. The van der Waals surface area contributed by atoms with Gasteiger partial charge in [0.05, 0.1) is 29.5 Å². The molecule has 0 spiro atoms. The molecule has 3 amide bonds. The average Bonchev–Trinajstić information content (AvgIpc) is 3.05. The predicted octanol–water partition coefficient (Wildman–Crippen LogP) is 4.67. The Morgan fingerprint density at radius 3 is 2.58 bits per heavy atom.